The van der Waals surface area contributed by atoms with Gasteiger partial charge in [0.2, 0.25) is 5.91 Å². The molecule has 1 aromatic carbocycles. The van der Waals surface area contributed by atoms with Crippen molar-refractivity contribution < 1.29 is 9.59 Å². The van der Waals surface area contributed by atoms with Gasteiger partial charge in [-0.25, -0.2) is 0 Å². The predicted octanol–water partition coefficient (Wildman–Crippen LogP) is 3.91. The zero-order valence-electron chi connectivity index (χ0n) is 11.3. The Bertz CT molecular complexity index is 671. The van der Waals surface area contributed by atoms with E-state index < -0.39 is 0 Å². The van der Waals surface area contributed by atoms with Crippen molar-refractivity contribution in [1.82, 2.24) is 0 Å². The molecule has 1 amide bonds. The second-order valence-corrected chi connectivity index (χ2v) is 5.38. The van der Waals surface area contributed by atoms with E-state index in [0.29, 0.717) is 11.3 Å². The minimum absolute atomic E-state index is 0.0224. The lowest BCUT2D eigenvalue weighted by atomic mass is 10.1. The van der Waals surface area contributed by atoms with Gasteiger partial charge in [0.25, 0.3) is 0 Å². The standard InChI is InChI=1S/C16H15NO2S/c1-11-8-9-20-15(11)6-7-16(19)17-14-5-3-4-13(10-14)12(2)18/h3-10H,1-2H3,(H,17,19)/b7-6+. The third-order valence-corrected chi connectivity index (χ3v) is 3.81. The number of aryl methyl sites for hydroxylation is 1. The van der Waals surface area contributed by atoms with Crippen LogP contribution < -0.4 is 5.32 Å². The molecule has 0 saturated heterocycles. The fourth-order valence-electron chi connectivity index (χ4n) is 1.71. The van der Waals surface area contributed by atoms with Crippen molar-refractivity contribution in [3.8, 4) is 0 Å². The average molecular weight is 285 g/mol. The summed E-state index contributed by atoms with van der Waals surface area (Å²) in [6, 6.07) is 8.92. The zero-order valence-corrected chi connectivity index (χ0v) is 12.2. The van der Waals surface area contributed by atoms with Crippen LogP contribution in [0.5, 0.6) is 0 Å². The minimum atomic E-state index is -0.210. The quantitative estimate of drug-likeness (QED) is 0.684. The summed E-state index contributed by atoms with van der Waals surface area (Å²) in [4.78, 5) is 24.2. The third kappa shape index (κ3) is 3.65. The molecular formula is C16H15NO2S. The van der Waals surface area contributed by atoms with E-state index in [9.17, 15) is 9.59 Å². The lowest BCUT2D eigenvalue weighted by molar-refractivity contribution is -0.111. The maximum absolute atomic E-state index is 11.8. The summed E-state index contributed by atoms with van der Waals surface area (Å²) in [6.07, 6.45) is 3.30. The molecule has 1 N–H and O–H groups in total. The fraction of sp³-hybridized carbons (Fsp3) is 0.125. The Morgan fingerprint density at radius 2 is 2.05 bits per heavy atom. The molecule has 1 aromatic heterocycles. The molecule has 0 aliphatic heterocycles. The maximum Gasteiger partial charge on any atom is 0.248 e. The molecule has 0 saturated carbocycles. The zero-order chi connectivity index (χ0) is 14.5. The molecule has 1 heterocycles. The van der Waals surface area contributed by atoms with Gasteiger partial charge in [0.1, 0.15) is 0 Å². The lowest BCUT2D eigenvalue weighted by Crippen LogP contribution is -2.08. The van der Waals surface area contributed by atoms with Crippen LogP contribution in [0.25, 0.3) is 6.08 Å². The van der Waals surface area contributed by atoms with Gasteiger partial charge in [-0.2, -0.15) is 0 Å². The molecule has 102 valence electrons. The van der Waals surface area contributed by atoms with Crippen LogP contribution in [0, 0.1) is 6.92 Å². The molecule has 0 radical (unpaired) electrons. The molecule has 0 spiro atoms. The first kappa shape index (κ1) is 14.2. The highest BCUT2D eigenvalue weighted by Crippen LogP contribution is 2.17. The van der Waals surface area contributed by atoms with Gasteiger partial charge in [0, 0.05) is 22.2 Å². The molecule has 0 fully saturated rings. The second kappa shape index (κ2) is 6.30. The van der Waals surface area contributed by atoms with Crippen molar-refractivity contribution in [2.24, 2.45) is 0 Å². The highest BCUT2D eigenvalue weighted by molar-refractivity contribution is 7.11. The highest BCUT2D eigenvalue weighted by atomic mass is 32.1. The van der Waals surface area contributed by atoms with Crippen LogP contribution in [0.3, 0.4) is 0 Å². The Hall–Kier alpha value is -2.20. The molecule has 0 atom stereocenters. The smallest absolute Gasteiger partial charge is 0.248 e. The Morgan fingerprint density at radius 3 is 2.70 bits per heavy atom. The van der Waals surface area contributed by atoms with Crippen LogP contribution in [-0.4, -0.2) is 11.7 Å². The van der Waals surface area contributed by atoms with Crippen molar-refractivity contribution in [2.45, 2.75) is 13.8 Å². The van der Waals surface area contributed by atoms with Crippen LogP contribution in [-0.2, 0) is 4.79 Å². The summed E-state index contributed by atoms with van der Waals surface area (Å²) in [5.41, 5.74) is 2.36. The number of anilines is 1. The number of hydrogen-bond donors (Lipinski definition) is 1. The topological polar surface area (TPSA) is 46.2 Å². The van der Waals surface area contributed by atoms with E-state index >= 15 is 0 Å². The van der Waals surface area contributed by atoms with Crippen LogP contribution >= 0.6 is 11.3 Å². The maximum atomic E-state index is 11.8. The Balaban J connectivity index is 2.05. The predicted molar refractivity (Wildman–Crippen MR) is 83.2 cm³/mol. The Morgan fingerprint density at radius 1 is 1.25 bits per heavy atom. The molecule has 4 heteroatoms. The molecule has 0 bridgehead atoms. The van der Waals surface area contributed by atoms with Crippen LogP contribution in [0.2, 0.25) is 0 Å². The largest absolute Gasteiger partial charge is 0.322 e. The third-order valence-electron chi connectivity index (χ3n) is 2.82. The summed E-state index contributed by atoms with van der Waals surface area (Å²) in [5, 5.41) is 4.74. The number of Topliss-reactive ketones (excluding diaryl/α,β-unsaturated/α-hetero) is 1. The Labute approximate surface area is 122 Å². The molecular weight excluding hydrogens is 270 g/mol. The number of amides is 1. The monoisotopic (exact) mass is 285 g/mol. The normalized spacial score (nSPS) is 10.7. The number of ketones is 1. The van der Waals surface area contributed by atoms with Crippen molar-refractivity contribution >= 4 is 34.8 Å². The molecule has 0 aliphatic rings. The van der Waals surface area contributed by atoms with E-state index in [1.165, 1.54) is 13.0 Å². The second-order valence-electron chi connectivity index (χ2n) is 4.43. The van der Waals surface area contributed by atoms with Crippen molar-refractivity contribution in [3.05, 3.63) is 57.8 Å². The lowest BCUT2D eigenvalue weighted by Gasteiger charge is -2.03. The van der Waals surface area contributed by atoms with E-state index in [2.05, 4.69) is 5.32 Å². The molecule has 3 nitrogen and oxygen atoms in total. The number of nitrogens with one attached hydrogen (secondary N) is 1. The summed E-state index contributed by atoms with van der Waals surface area (Å²) in [6.45, 7) is 3.50. The van der Waals surface area contributed by atoms with E-state index in [1.54, 1.807) is 41.7 Å². The molecule has 2 aromatic rings. The minimum Gasteiger partial charge on any atom is -0.322 e. The molecule has 20 heavy (non-hydrogen) atoms. The summed E-state index contributed by atoms with van der Waals surface area (Å²) in [7, 11) is 0. The molecule has 2 rings (SSSR count). The van der Waals surface area contributed by atoms with Gasteiger partial charge in [-0.15, -0.1) is 11.3 Å². The molecule has 0 aliphatic carbocycles. The van der Waals surface area contributed by atoms with Gasteiger partial charge in [-0.1, -0.05) is 12.1 Å². The first-order valence-electron chi connectivity index (χ1n) is 6.20. The van der Waals surface area contributed by atoms with Crippen molar-refractivity contribution in [1.29, 1.82) is 0 Å². The van der Waals surface area contributed by atoms with Crippen LogP contribution in [0.4, 0.5) is 5.69 Å². The van der Waals surface area contributed by atoms with Gasteiger partial charge in [-0.3, -0.25) is 9.59 Å². The number of carbonyl (C=O) groups is 2. The van der Waals surface area contributed by atoms with Gasteiger partial charge in [-0.05, 0) is 49.1 Å². The van der Waals surface area contributed by atoms with E-state index in [4.69, 9.17) is 0 Å². The number of thiophene rings is 1. The van der Waals surface area contributed by atoms with Crippen molar-refractivity contribution in [3.63, 3.8) is 0 Å². The van der Waals surface area contributed by atoms with Gasteiger partial charge in [0.15, 0.2) is 5.78 Å². The SMILES string of the molecule is CC(=O)c1cccc(NC(=O)/C=C/c2sccc2C)c1. The summed E-state index contributed by atoms with van der Waals surface area (Å²) < 4.78 is 0. The van der Waals surface area contributed by atoms with Crippen molar-refractivity contribution in [2.75, 3.05) is 5.32 Å². The summed E-state index contributed by atoms with van der Waals surface area (Å²) in [5.74, 6) is -0.232. The number of rotatable bonds is 4. The number of benzene rings is 1. The fourth-order valence-corrected chi connectivity index (χ4v) is 2.53. The van der Waals surface area contributed by atoms with Crippen LogP contribution in [0.15, 0.2) is 41.8 Å². The average Bonchev–Trinajstić information content (AvgIpc) is 2.82. The Kier molecular flexibility index (Phi) is 4.48. The first-order valence-corrected chi connectivity index (χ1v) is 7.08. The van der Waals surface area contributed by atoms with Gasteiger partial charge in [0.05, 0.1) is 0 Å². The summed E-state index contributed by atoms with van der Waals surface area (Å²) >= 11 is 1.59. The van der Waals surface area contributed by atoms with E-state index in [-0.39, 0.29) is 11.7 Å². The highest BCUT2D eigenvalue weighted by Gasteiger charge is 2.03. The van der Waals surface area contributed by atoms with Gasteiger partial charge < -0.3 is 5.32 Å². The number of carbonyl (C=O) groups excluding carboxylic acids is 2. The van der Waals surface area contributed by atoms with E-state index in [0.717, 1.165) is 10.4 Å². The first-order chi connectivity index (χ1) is 9.56. The number of hydrogen-bond acceptors (Lipinski definition) is 3. The van der Waals surface area contributed by atoms with Gasteiger partial charge >= 0.3 is 0 Å². The van der Waals surface area contributed by atoms with E-state index in [1.807, 2.05) is 18.4 Å². The molecule has 0 unspecified atom stereocenters. The van der Waals surface area contributed by atoms with Crippen LogP contribution in [0.1, 0.15) is 27.7 Å².